The summed E-state index contributed by atoms with van der Waals surface area (Å²) in [5, 5.41) is 3.52. The van der Waals surface area contributed by atoms with Gasteiger partial charge in [-0.05, 0) is 33.3 Å². The van der Waals surface area contributed by atoms with Crippen LogP contribution >= 0.6 is 0 Å². The molecular formula is C14H22N2O2. The molecule has 1 aromatic rings. The van der Waals surface area contributed by atoms with Crippen molar-refractivity contribution in [1.29, 1.82) is 0 Å². The number of nitrogens with one attached hydrogen (secondary N) is 1. The molecule has 0 aromatic heterocycles. The van der Waals surface area contributed by atoms with Gasteiger partial charge in [-0.15, -0.1) is 0 Å². The Hall–Kier alpha value is -1.42. The van der Waals surface area contributed by atoms with Crippen molar-refractivity contribution in [1.82, 2.24) is 0 Å². The lowest BCUT2D eigenvalue weighted by atomic mass is 9.94. The molecule has 0 radical (unpaired) electrons. The van der Waals surface area contributed by atoms with Crippen LogP contribution in [0.3, 0.4) is 0 Å². The fraction of sp³-hybridized carbons (Fsp3) is 0.571. The second-order valence-corrected chi connectivity index (χ2v) is 5.03. The van der Waals surface area contributed by atoms with E-state index in [1.807, 2.05) is 25.1 Å². The SMILES string of the molecule is CCOc1cc(N)cc(NC2(C)CCOC2C)c1. The van der Waals surface area contributed by atoms with Crippen LogP contribution in [0, 0.1) is 0 Å². The molecule has 1 saturated heterocycles. The van der Waals surface area contributed by atoms with E-state index in [0.29, 0.717) is 12.3 Å². The lowest BCUT2D eigenvalue weighted by molar-refractivity contribution is 0.105. The van der Waals surface area contributed by atoms with Crippen LogP contribution in [0.2, 0.25) is 0 Å². The first-order chi connectivity index (χ1) is 8.53. The van der Waals surface area contributed by atoms with E-state index in [1.54, 1.807) is 0 Å². The topological polar surface area (TPSA) is 56.5 Å². The Morgan fingerprint density at radius 3 is 2.89 bits per heavy atom. The molecule has 0 amide bonds. The second kappa shape index (κ2) is 5.06. The summed E-state index contributed by atoms with van der Waals surface area (Å²) < 4.78 is 11.1. The van der Waals surface area contributed by atoms with Gasteiger partial charge in [0, 0.05) is 30.1 Å². The maximum absolute atomic E-state index is 5.89. The van der Waals surface area contributed by atoms with Crippen molar-refractivity contribution < 1.29 is 9.47 Å². The van der Waals surface area contributed by atoms with Crippen molar-refractivity contribution in [2.75, 3.05) is 24.3 Å². The summed E-state index contributed by atoms with van der Waals surface area (Å²) in [4.78, 5) is 0. The molecule has 0 bridgehead atoms. The molecule has 0 spiro atoms. The molecule has 18 heavy (non-hydrogen) atoms. The summed E-state index contributed by atoms with van der Waals surface area (Å²) in [5.41, 5.74) is 7.54. The maximum Gasteiger partial charge on any atom is 0.123 e. The van der Waals surface area contributed by atoms with Gasteiger partial charge in [-0.3, -0.25) is 0 Å². The lowest BCUT2D eigenvalue weighted by Crippen LogP contribution is -2.41. The highest BCUT2D eigenvalue weighted by Gasteiger charge is 2.36. The Bertz CT molecular complexity index is 422. The minimum absolute atomic E-state index is 0.0444. The number of ether oxygens (including phenoxy) is 2. The Kier molecular flexibility index (Phi) is 3.66. The fourth-order valence-corrected chi connectivity index (χ4v) is 2.27. The second-order valence-electron chi connectivity index (χ2n) is 5.03. The third-order valence-electron chi connectivity index (χ3n) is 3.56. The number of anilines is 2. The summed E-state index contributed by atoms with van der Waals surface area (Å²) in [6.07, 6.45) is 1.18. The van der Waals surface area contributed by atoms with Gasteiger partial charge in [0.1, 0.15) is 5.75 Å². The van der Waals surface area contributed by atoms with Crippen LogP contribution in [0.15, 0.2) is 18.2 Å². The third-order valence-corrected chi connectivity index (χ3v) is 3.56. The molecule has 0 saturated carbocycles. The average molecular weight is 250 g/mol. The first-order valence-electron chi connectivity index (χ1n) is 6.46. The van der Waals surface area contributed by atoms with Gasteiger partial charge in [0.2, 0.25) is 0 Å². The summed E-state index contributed by atoms with van der Waals surface area (Å²) in [7, 11) is 0. The normalized spacial score (nSPS) is 27.2. The predicted octanol–water partition coefficient (Wildman–Crippen LogP) is 2.65. The molecule has 1 fully saturated rings. The highest BCUT2D eigenvalue weighted by Crippen LogP contribution is 2.32. The number of rotatable bonds is 4. The van der Waals surface area contributed by atoms with Crippen molar-refractivity contribution >= 4 is 11.4 Å². The molecule has 4 heteroatoms. The largest absolute Gasteiger partial charge is 0.494 e. The van der Waals surface area contributed by atoms with E-state index >= 15 is 0 Å². The van der Waals surface area contributed by atoms with Gasteiger partial charge in [0.25, 0.3) is 0 Å². The maximum atomic E-state index is 5.89. The van der Waals surface area contributed by atoms with Crippen molar-refractivity contribution in [3.63, 3.8) is 0 Å². The zero-order valence-corrected chi connectivity index (χ0v) is 11.3. The van der Waals surface area contributed by atoms with Crippen molar-refractivity contribution in [3.8, 4) is 5.75 Å². The zero-order valence-electron chi connectivity index (χ0n) is 11.3. The van der Waals surface area contributed by atoms with Crippen LogP contribution in [0.5, 0.6) is 5.75 Å². The number of hydrogen-bond acceptors (Lipinski definition) is 4. The first-order valence-corrected chi connectivity index (χ1v) is 6.46. The van der Waals surface area contributed by atoms with Gasteiger partial charge in [0.05, 0.1) is 18.2 Å². The minimum Gasteiger partial charge on any atom is -0.494 e. The van der Waals surface area contributed by atoms with Crippen LogP contribution in [-0.2, 0) is 4.74 Å². The molecule has 2 unspecified atom stereocenters. The number of benzene rings is 1. The van der Waals surface area contributed by atoms with E-state index < -0.39 is 0 Å². The highest BCUT2D eigenvalue weighted by molar-refractivity contribution is 5.60. The summed E-state index contributed by atoms with van der Waals surface area (Å²) in [6.45, 7) is 7.67. The molecule has 1 aromatic carbocycles. The zero-order chi connectivity index (χ0) is 13.2. The molecular weight excluding hydrogens is 228 g/mol. The Balaban J connectivity index is 2.18. The first kappa shape index (κ1) is 13.0. The molecule has 3 N–H and O–H groups in total. The third kappa shape index (κ3) is 2.70. The quantitative estimate of drug-likeness (QED) is 0.807. The predicted molar refractivity (Wildman–Crippen MR) is 74.1 cm³/mol. The van der Waals surface area contributed by atoms with E-state index in [4.69, 9.17) is 15.2 Å². The van der Waals surface area contributed by atoms with Gasteiger partial charge >= 0.3 is 0 Å². The van der Waals surface area contributed by atoms with Gasteiger partial charge < -0.3 is 20.5 Å². The van der Waals surface area contributed by atoms with E-state index in [9.17, 15) is 0 Å². The standard InChI is InChI=1S/C14H22N2O2/c1-4-17-13-8-11(15)7-12(9-13)16-14(3)5-6-18-10(14)2/h7-10,16H,4-6,15H2,1-3H3. The number of nitrogens with two attached hydrogens (primary N) is 1. The van der Waals surface area contributed by atoms with Gasteiger partial charge in [-0.2, -0.15) is 0 Å². The van der Waals surface area contributed by atoms with Crippen LogP contribution in [-0.4, -0.2) is 24.9 Å². The lowest BCUT2D eigenvalue weighted by Gasteiger charge is -2.30. The van der Waals surface area contributed by atoms with Crippen LogP contribution < -0.4 is 15.8 Å². The molecule has 4 nitrogen and oxygen atoms in total. The summed E-state index contributed by atoms with van der Waals surface area (Å²) >= 11 is 0. The smallest absolute Gasteiger partial charge is 0.123 e. The monoisotopic (exact) mass is 250 g/mol. The Morgan fingerprint density at radius 1 is 1.50 bits per heavy atom. The molecule has 1 aliphatic rings. The van der Waals surface area contributed by atoms with E-state index in [1.165, 1.54) is 0 Å². The minimum atomic E-state index is -0.0444. The average Bonchev–Trinajstić information content (AvgIpc) is 2.58. The van der Waals surface area contributed by atoms with Crippen LogP contribution in [0.25, 0.3) is 0 Å². The van der Waals surface area contributed by atoms with Crippen LogP contribution in [0.4, 0.5) is 11.4 Å². The molecule has 1 heterocycles. The van der Waals surface area contributed by atoms with Crippen molar-refractivity contribution in [2.24, 2.45) is 0 Å². The Labute approximate surface area is 108 Å². The van der Waals surface area contributed by atoms with Crippen molar-refractivity contribution in [2.45, 2.75) is 38.8 Å². The van der Waals surface area contributed by atoms with Gasteiger partial charge in [-0.1, -0.05) is 0 Å². The van der Waals surface area contributed by atoms with Crippen molar-refractivity contribution in [3.05, 3.63) is 18.2 Å². The number of hydrogen-bond donors (Lipinski definition) is 2. The summed E-state index contributed by atoms with van der Waals surface area (Å²) in [5.74, 6) is 0.801. The molecule has 2 rings (SSSR count). The van der Waals surface area contributed by atoms with E-state index in [2.05, 4.69) is 19.2 Å². The number of nitrogen functional groups attached to an aromatic ring is 1. The van der Waals surface area contributed by atoms with Crippen LogP contribution in [0.1, 0.15) is 27.2 Å². The fourth-order valence-electron chi connectivity index (χ4n) is 2.27. The van der Waals surface area contributed by atoms with Gasteiger partial charge in [-0.25, -0.2) is 0 Å². The Morgan fingerprint density at radius 2 is 2.28 bits per heavy atom. The van der Waals surface area contributed by atoms with Gasteiger partial charge in [0.15, 0.2) is 0 Å². The summed E-state index contributed by atoms with van der Waals surface area (Å²) in [6, 6.07) is 5.75. The van der Waals surface area contributed by atoms with E-state index in [0.717, 1.165) is 24.5 Å². The molecule has 0 aliphatic carbocycles. The molecule has 2 atom stereocenters. The van der Waals surface area contributed by atoms with E-state index in [-0.39, 0.29) is 11.6 Å². The highest BCUT2D eigenvalue weighted by atomic mass is 16.5. The molecule has 100 valence electrons. The molecule has 1 aliphatic heterocycles.